The monoisotopic (exact) mass is 580 g/mol. The number of fused-ring (bicyclic) bond motifs is 1. The number of rotatable bonds is 9. The number of aromatic nitrogens is 1. The van der Waals surface area contributed by atoms with Crippen LogP contribution in [0.25, 0.3) is 10.9 Å². The molecule has 0 unspecified atom stereocenters. The summed E-state index contributed by atoms with van der Waals surface area (Å²) in [5.41, 5.74) is 5.17. The van der Waals surface area contributed by atoms with Gasteiger partial charge in [-0.3, -0.25) is 14.4 Å². The van der Waals surface area contributed by atoms with Gasteiger partial charge in [-0.05, 0) is 73.5 Å². The number of anilines is 1. The number of sulfonamides is 1. The molecule has 0 bridgehead atoms. The lowest BCUT2D eigenvalue weighted by Gasteiger charge is -2.26. The van der Waals surface area contributed by atoms with Crippen LogP contribution in [0.2, 0.25) is 5.02 Å². The number of carbonyl (C=O) groups excluding carboxylic acids is 1. The van der Waals surface area contributed by atoms with E-state index in [0.29, 0.717) is 42.7 Å². The van der Waals surface area contributed by atoms with E-state index in [0.717, 1.165) is 47.2 Å². The van der Waals surface area contributed by atoms with Gasteiger partial charge in [0.2, 0.25) is 0 Å². The molecule has 1 amide bonds. The predicted octanol–water partition coefficient (Wildman–Crippen LogP) is 4.82. The van der Waals surface area contributed by atoms with Crippen molar-refractivity contribution in [2.24, 2.45) is 0 Å². The molecule has 0 saturated carbocycles. The molecule has 5 rings (SSSR count). The fourth-order valence-electron chi connectivity index (χ4n) is 4.90. The van der Waals surface area contributed by atoms with Crippen LogP contribution in [0.3, 0.4) is 0 Å². The fraction of sp³-hybridized carbons (Fsp3) is 0.300. The maximum absolute atomic E-state index is 13.4. The largest absolute Gasteiger partial charge is 0.379 e. The molecule has 210 valence electrons. The third-order valence-electron chi connectivity index (χ3n) is 7.16. The first-order chi connectivity index (χ1) is 19.2. The highest BCUT2D eigenvalue weighted by Crippen LogP contribution is 2.27. The zero-order valence-electron chi connectivity index (χ0n) is 22.6. The van der Waals surface area contributed by atoms with Crippen LogP contribution in [-0.2, 0) is 21.3 Å². The first-order valence-corrected chi connectivity index (χ1v) is 15.1. The van der Waals surface area contributed by atoms with E-state index in [4.69, 9.17) is 16.3 Å². The number of morpholine rings is 1. The fourth-order valence-corrected chi connectivity index (χ4v) is 6.08. The number of benzene rings is 3. The molecule has 1 saturated heterocycles. The van der Waals surface area contributed by atoms with Crippen molar-refractivity contribution < 1.29 is 17.9 Å². The lowest BCUT2D eigenvalue weighted by Crippen LogP contribution is -2.41. The number of aryl methyl sites for hydroxylation is 2. The molecule has 0 atom stereocenters. The molecule has 3 aromatic carbocycles. The van der Waals surface area contributed by atoms with Crippen LogP contribution in [0, 0.1) is 13.8 Å². The molecule has 2 N–H and O–H groups in total. The molecule has 4 aromatic rings. The average molecular weight is 581 g/mol. The number of ether oxygens (including phenoxy) is 1. The minimum absolute atomic E-state index is 0.116. The Bertz CT molecular complexity index is 1630. The summed E-state index contributed by atoms with van der Waals surface area (Å²) in [4.78, 5) is 15.8. The van der Waals surface area contributed by atoms with Crippen molar-refractivity contribution in [1.82, 2.24) is 14.8 Å². The van der Waals surface area contributed by atoms with Gasteiger partial charge in [0.05, 0.1) is 18.1 Å². The van der Waals surface area contributed by atoms with Crippen molar-refractivity contribution in [3.63, 3.8) is 0 Å². The number of hydrogen-bond donors (Lipinski definition) is 2. The molecule has 0 radical (unpaired) electrons. The summed E-state index contributed by atoms with van der Waals surface area (Å²) in [7, 11) is -3.81. The van der Waals surface area contributed by atoms with E-state index in [1.807, 2.05) is 16.7 Å². The summed E-state index contributed by atoms with van der Waals surface area (Å²) >= 11 is 5.92. The third kappa shape index (κ3) is 6.50. The Labute approximate surface area is 239 Å². The Hall–Kier alpha value is -3.37. The van der Waals surface area contributed by atoms with Crippen LogP contribution in [0.4, 0.5) is 5.69 Å². The Morgan fingerprint density at radius 3 is 2.48 bits per heavy atom. The standard InChI is InChI=1S/C30H33ClN4O4S/c1-21-3-4-22(2)24(17-21)20-35-28-10-7-26(33-40(37,38)27-8-5-25(31)6-9-27)18-23(28)19-29(35)30(36)32-11-12-34-13-15-39-16-14-34/h3-10,17-19,33H,11-16,20H2,1-2H3,(H,32,36). The molecule has 10 heteroatoms. The molecule has 1 aliphatic rings. The predicted molar refractivity (Wildman–Crippen MR) is 159 cm³/mol. The summed E-state index contributed by atoms with van der Waals surface area (Å²) in [6.45, 7) is 9.04. The summed E-state index contributed by atoms with van der Waals surface area (Å²) < 4.78 is 36.0. The van der Waals surface area contributed by atoms with Crippen molar-refractivity contribution in [3.05, 3.63) is 94.1 Å². The summed E-state index contributed by atoms with van der Waals surface area (Å²) in [6.07, 6.45) is 0. The van der Waals surface area contributed by atoms with Crippen molar-refractivity contribution in [1.29, 1.82) is 0 Å². The van der Waals surface area contributed by atoms with Gasteiger partial charge in [-0.25, -0.2) is 8.42 Å². The minimum atomic E-state index is -3.81. The molecule has 0 spiro atoms. The first-order valence-electron chi connectivity index (χ1n) is 13.3. The van der Waals surface area contributed by atoms with Gasteiger partial charge in [-0.1, -0.05) is 35.4 Å². The molecule has 1 fully saturated rings. The lowest BCUT2D eigenvalue weighted by atomic mass is 10.1. The first kappa shape index (κ1) is 28.2. The normalized spacial score (nSPS) is 14.4. The molecule has 1 aliphatic heterocycles. The van der Waals surface area contributed by atoms with E-state index >= 15 is 0 Å². The second kappa shape index (κ2) is 12.0. The zero-order valence-corrected chi connectivity index (χ0v) is 24.2. The number of halogens is 1. The molecular formula is C30H33ClN4O4S. The van der Waals surface area contributed by atoms with Crippen LogP contribution in [-0.4, -0.2) is 63.2 Å². The number of nitrogens with zero attached hydrogens (tertiary/aromatic N) is 2. The van der Waals surface area contributed by atoms with Crippen LogP contribution < -0.4 is 10.0 Å². The number of hydrogen-bond acceptors (Lipinski definition) is 5. The van der Waals surface area contributed by atoms with Crippen molar-refractivity contribution in [2.45, 2.75) is 25.3 Å². The molecule has 40 heavy (non-hydrogen) atoms. The van der Waals surface area contributed by atoms with Gasteiger partial charge in [0.25, 0.3) is 15.9 Å². The van der Waals surface area contributed by atoms with E-state index in [2.05, 4.69) is 47.0 Å². The number of carbonyl (C=O) groups is 1. The summed E-state index contributed by atoms with van der Waals surface area (Å²) in [5.74, 6) is -0.168. The molecule has 0 aliphatic carbocycles. The van der Waals surface area contributed by atoms with E-state index in [1.165, 1.54) is 24.3 Å². The summed E-state index contributed by atoms with van der Waals surface area (Å²) in [5, 5.41) is 4.30. The number of amides is 1. The zero-order chi connectivity index (χ0) is 28.3. The third-order valence-corrected chi connectivity index (χ3v) is 8.81. The van der Waals surface area contributed by atoms with Gasteiger partial charge < -0.3 is 14.6 Å². The van der Waals surface area contributed by atoms with Crippen molar-refractivity contribution in [3.8, 4) is 0 Å². The van der Waals surface area contributed by atoms with Gasteiger partial charge in [0.1, 0.15) is 5.69 Å². The van der Waals surface area contributed by atoms with Crippen LogP contribution in [0.15, 0.2) is 71.6 Å². The molecule has 8 nitrogen and oxygen atoms in total. The minimum Gasteiger partial charge on any atom is -0.379 e. The highest BCUT2D eigenvalue weighted by atomic mass is 35.5. The van der Waals surface area contributed by atoms with Gasteiger partial charge in [-0.2, -0.15) is 0 Å². The second-order valence-corrected chi connectivity index (χ2v) is 12.2. The van der Waals surface area contributed by atoms with Crippen LogP contribution >= 0.6 is 11.6 Å². The molecular weight excluding hydrogens is 548 g/mol. The van der Waals surface area contributed by atoms with E-state index in [-0.39, 0.29) is 10.8 Å². The Kier molecular flexibility index (Phi) is 8.46. The lowest BCUT2D eigenvalue weighted by molar-refractivity contribution is 0.0383. The second-order valence-electron chi connectivity index (χ2n) is 10.1. The smallest absolute Gasteiger partial charge is 0.267 e. The molecule has 2 heterocycles. The molecule has 1 aromatic heterocycles. The number of nitrogens with one attached hydrogen (secondary N) is 2. The Morgan fingerprint density at radius 1 is 0.975 bits per heavy atom. The summed E-state index contributed by atoms with van der Waals surface area (Å²) in [6, 6.07) is 19.4. The highest BCUT2D eigenvalue weighted by molar-refractivity contribution is 7.92. The van der Waals surface area contributed by atoms with Crippen molar-refractivity contribution >= 4 is 44.1 Å². The average Bonchev–Trinajstić information content (AvgIpc) is 3.29. The quantitative estimate of drug-likeness (QED) is 0.296. The van der Waals surface area contributed by atoms with E-state index in [9.17, 15) is 13.2 Å². The SMILES string of the molecule is Cc1ccc(C)c(Cn2c(C(=O)NCCN3CCOCC3)cc3cc(NS(=O)(=O)c4ccc(Cl)cc4)ccc32)c1. The topological polar surface area (TPSA) is 92.7 Å². The van der Waals surface area contributed by atoms with Crippen molar-refractivity contribution in [2.75, 3.05) is 44.1 Å². The van der Waals surface area contributed by atoms with Gasteiger partial charge in [-0.15, -0.1) is 0 Å². The Balaban J connectivity index is 1.44. The maximum atomic E-state index is 13.4. The Morgan fingerprint density at radius 2 is 1.73 bits per heavy atom. The van der Waals surface area contributed by atoms with E-state index < -0.39 is 10.0 Å². The van der Waals surface area contributed by atoms with Crippen LogP contribution in [0.1, 0.15) is 27.2 Å². The van der Waals surface area contributed by atoms with E-state index in [1.54, 1.807) is 12.1 Å². The van der Waals surface area contributed by atoms with Gasteiger partial charge in [0, 0.05) is 54.3 Å². The van der Waals surface area contributed by atoms with Gasteiger partial charge >= 0.3 is 0 Å². The maximum Gasteiger partial charge on any atom is 0.267 e. The van der Waals surface area contributed by atoms with Gasteiger partial charge in [0.15, 0.2) is 0 Å². The van der Waals surface area contributed by atoms with Crippen LogP contribution in [0.5, 0.6) is 0 Å². The highest BCUT2D eigenvalue weighted by Gasteiger charge is 2.19.